The Morgan fingerprint density at radius 3 is 2.19 bits per heavy atom. The number of nitrogens with one attached hydrogen (secondary N) is 1. The van der Waals surface area contributed by atoms with Gasteiger partial charge in [-0.15, -0.1) is 0 Å². The molecule has 31 heavy (non-hydrogen) atoms. The van der Waals surface area contributed by atoms with Gasteiger partial charge in [-0.3, -0.25) is 4.79 Å². The molecule has 0 aromatic heterocycles. The van der Waals surface area contributed by atoms with Crippen LogP contribution in [0.2, 0.25) is 0 Å². The number of sulfonamides is 1. The van der Waals surface area contributed by atoms with Gasteiger partial charge in [-0.05, 0) is 36.2 Å². The predicted molar refractivity (Wildman–Crippen MR) is 118 cm³/mol. The van der Waals surface area contributed by atoms with E-state index in [1.165, 1.54) is 18.2 Å². The number of nitrogens with two attached hydrogens (primary N) is 3. The third-order valence-electron chi connectivity index (χ3n) is 4.77. The van der Waals surface area contributed by atoms with Crippen LogP contribution in [0.25, 0.3) is 11.1 Å². The van der Waals surface area contributed by atoms with Crippen LogP contribution in [-0.2, 0) is 10.0 Å². The van der Waals surface area contributed by atoms with E-state index in [1.807, 2.05) is 0 Å². The van der Waals surface area contributed by atoms with Crippen LogP contribution in [0.3, 0.4) is 0 Å². The first-order valence-electron chi connectivity index (χ1n) is 8.96. The van der Waals surface area contributed by atoms with Gasteiger partial charge in [0.25, 0.3) is 5.91 Å². The highest BCUT2D eigenvalue weighted by molar-refractivity contribution is 7.89. The fraction of sp³-hybridized carbons (Fsp3) is 0.0476. The number of carboxylic acids is 1. The molecule has 0 aliphatic carbocycles. The summed E-state index contributed by atoms with van der Waals surface area (Å²) < 4.78 is 24.8. The molecule has 3 aromatic rings. The van der Waals surface area contributed by atoms with Crippen molar-refractivity contribution in [1.29, 1.82) is 0 Å². The van der Waals surface area contributed by atoms with E-state index in [0.29, 0.717) is 22.4 Å². The van der Waals surface area contributed by atoms with Crippen LogP contribution >= 0.6 is 0 Å². The molecule has 0 saturated carbocycles. The molecule has 0 unspecified atom stereocenters. The lowest BCUT2D eigenvalue weighted by Gasteiger charge is -2.20. The number of hydrogen-bond donors (Lipinski definition) is 5. The number of carboxylic acid groups (broad SMARTS) is 1. The van der Waals surface area contributed by atoms with E-state index in [-0.39, 0.29) is 16.9 Å². The first-order valence-corrected chi connectivity index (χ1v) is 10.5. The second kappa shape index (κ2) is 8.09. The van der Waals surface area contributed by atoms with Gasteiger partial charge in [0.1, 0.15) is 4.90 Å². The Balaban J connectivity index is 2.36. The molecule has 3 rings (SSSR count). The Morgan fingerprint density at radius 2 is 1.65 bits per heavy atom. The summed E-state index contributed by atoms with van der Waals surface area (Å²) in [6, 6.07) is 14.7. The van der Waals surface area contributed by atoms with Gasteiger partial charge in [0.15, 0.2) is 0 Å². The lowest BCUT2D eigenvalue weighted by molar-refractivity contribution is 0.0696. The van der Waals surface area contributed by atoms with E-state index in [1.54, 1.807) is 43.3 Å². The smallest absolute Gasteiger partial charge is 0.336 e. The summed E-state index contributed by atoms with van der Waals surface area (Å²) in [5.41, 5.74) is 12.6. The highest BCUT2D eigenvalue weighted by atomic mass is 32.2. The average molecular weight is 440 g/mol. The monoisotopic (exact) mass is 440 g/mol. The molecule has 1 amide bonds. The number of nitrogen functional groups attached to an aromatic ring is 1. The summed E-state index contributed by atoms with van der Waals surface area (Å²) in [5.74, 6) is -2.22. The number of carbonyl (C=O) groups excluding carboxylic acids is 1. The van der Waals surface area contributed by atoms with Crippen molar-refractivity contribution >= 4 is 39.0 Å². The van der Waals surface area contributed by atoms with E-state index in [0.717, 1.165) is 0 Å². The second-order valence-electron chi connectivity index (χ2n) is 6.77. The van der Waals surface area contributed by atoms with Crippen molar-refractivity contribution < 1.29 is 23.1 Å². The Kier molecular flexibility index (Phi) is 5.69. The van der Waals surface area contributed by atoms with Gasteiger partial charge < -0.3 is 21.9 Å². The zero-order valence-electron chi connectivity index (χ0n) is 16.4. The molecule has 0 fully saturated rings. The SMILES string of the molecule is Cc1c(Nc2cc(-c3ccccc3)c(N)c(C(N)=O)c2S(N)(=O)=O)cccc1C(=O)O. The highest BCUT2D eigenvalue weighted by Crippen LogP contribution is 2.39. The fourth-order valence-electron chi connectivity index (χ4n) is 3.32. The maximum Gasteiger partial charge on any atom is 0.336 e. The molecule has 160 valence electrons. The molecule has 0 aliphatic heterocycles. The summed E-state index contributed by atoms with van der Waals surface area (Å²) in [6.45, 7) is 1.56. The number of hydrogen-bond acceptors (Lipinski definition) is 6. The van der Waals surface area contributed by atoms with Gasteiger partial charge in [0.2, 0.25) is 10.0 Å². The van der Waals surface area contributed by atoms with Gasteiger partial charge in [-0.1, -0.05) is 36.4 Å². The quantitative estimate of drug-likeness (QED) is 0.365. The summed E-state index contributed by atoms with van der Waals surface area (Å²) in [6.07, 6.45) is 0. The Hall–Kier alpha value is -3.89. The Labute approximate surface area is 178 Å². The van der Waals surface area contributed by atoms with Crippen molar-refractivity contribution in [2.24, 2.45) is 10.9 Å². The predicted octanol–water partition coefficient (Wildman–Crippen LogP) is 2.43. The number of amides is 1. The van der Waals surface area contributed by atoms with Crippen molar-refractivity contribution in [3.8, 4) is 11.1 Å². The Bertz CT molecular complexity index is 1310. The van der Waals surface area contributed by atoms with E-state index < -0.39 is 32.4 Å². The molecule has 0 bridgehead atoms. The van der Waals surface area contributed by atoms with Crippen LogP contribution in [-0.4, -0.2) is 25.4 Å². The van der Waals surface area contributed by atoms with Crippen molar-refractivity contribution in [3.05, 3.63) is 71.3 Å². The second-order valence-corrected chi connectivity index (χ2v) is 8.27. The van der Waals surface area contributed by atoms with E-state index in [9.17, 15) is 23.1 Å². The van der Waals surface area contributed by atoms with E-state index in [2.05, 4.69) is 5.32 Å². The molecular formula is C21H20N4O5S. The van der Waals surface area contributed by atoms with Crippen LogP contribution in [0.1, 0.15) is 26.3 Å². The standard InChI is InChI=1S/C21H20N4O5S/c1-11-13(21(27)28)8-5-9-15(11)25-16-10-14(12-6-3-2-4-7-12)18(22)17(20(23)26)19(16)31(24,29)30/h2-10,25H,22H2,1H3,(H2,23,26)(H,27,28)(H2,24,29,30). The topological polar surface area (TPSA) is 179 Å². The van der Waals surface area contributed by atoms with Crippen molar-refractivity contribution in [1.82, 2.24) is 0 Å². The summed E-state index contributed by atoms with van der Waals surface area (Å²) in [4.78, 5) is 23.1. The van der Waals surface area contributed by atoms with Crippen molar-refractivity contribution in [2.45, 2.75) is 11.8 Å². The molecule has 0 saturated heterocycles. The van der Waals surface area contributed by atoms with Gasteiger partial charge in [-0.25, -0.2) is 18.4 Å². The summed E-state index contributed by atoms with van der Waals surface area (Å²) in [5, 5.41) is 17.7. The molecular weight excluding hydrogens is 420 g/mol. The van der Waals surface area contributed by atoms with Crippen LogP contribution in [0.4, 0.5) is 17.1 Å². The van der Waals surface area contributed by atoms with E-state index in [4.69, 9.17) is 16.6 Å². The molecule has 9 nitrogen and oxygen atoms in total. The van der Waals surface area contributed by atoms with Crippen LogP contribution < -0.4 is 21.9 Å². The average Bonchev–Trinajstić information content (AvgIpc) is 2.69. The number of carbonyl (C=O) groups is 2. The minimum Gasteiger partial charge on any atom is -0.478 e. The van der Waals surface area contributed by atoms with Gasteiger partial charge in [0, 0.05) is 11.3 Å². The maximum absolute atomic E-state index is 12.4. The summed E-state index contributed by atoms with van der Waals surface area (Å²) in [7, 11) is -4.45. The molecule has 0 radical (unpaired) electrons. The summed E-state index contributed by atoms with van der Waals surface area (Å²) >= 11 is 0. The van der Waals surface area contributed by atoms with Gasteiger partial charge in [0.05, 0.1) is 22.5 Å². The lowest BCUT2D eigenvalue weighted by atomic mass is 9.98. The molecule has 0 aliphatic rings. The normalized spacial score (nSPS) is 11.2. The number of aromatic carboxylic acids is 1. The minimum atomic E-state index is -4.45. The van der Waals surface area contributed by atoms with Gasteiger partial charge >= 0.3 is 5.97 Å². The molecule has 0 atom stereocenters. The molecule has 0 heterocycles. The van der Waals surface area contributed by atoms with Crippen LogP contribution in [0.5, 0.6) is 0 Å². The highest BCUT2D eigenvalue weighted by Gasteiger charge is 2.28. The first-order chi connectivity index (χ1) is 14.5. The molecule has 0 spiro atoms. The fourth-order valence-corrected chi connectivity index (χ4v) is 4.23. The first kappa shape index (κ1) is 21.8. The van der Waals surface area contributed by atoms with Crippen molar-refractivity contribution in [2.75, 3.05) is 11.1 Å². The molecule has 8 N–H and O–H groups in total. The number of primary amides is 1. The lowest BCUT2D eigenvalue weighted by Crippen LogP contribution is -2.24. The molecule has 10 heteroatoms. The van der Waals surface area contributed by atoms with Gasteiger partial charge in [-0.2, -0.15) is 0 Å². The number of primary sulfonamides is 1. The third kappa shape index (κ3) is 4.20. The number of benzene rings is 3. The van der Waals surface area contributed by atoms with E-state index >= 15 is 0 Å². The largest absolute Gasteiger partial charge is 0.478 e. The number of anilines is 3. The maximum atomic E-state index is 12.4. The zero-order valence-corrected chi connectivity index (χ0v) is 17.2. The van der Waals surface area contributed by atoms with Crippen LogP contribution in [0, 0.1) is 6.92 Å². The minimum absolute atomic E-state index is 0.0241. The third-order valence-corrected chi connectivity index (χ3v) is 5.76. The zero-order chi connectivity index (χ0) is 22.9. The Morgan fingerprint density at radius 1 is 1.00 bits per heavy atom. The number of rotatable bonds is 6. The van der Waals surface area contributed by atoms with Crippen LogP contribution in [0.15, 0.2) is 59.5 Å². The van der Waals surface area contributed by atoms with Crippen molar-refractivity contribution in [3.63, 3.8) is 0 Å². The molecule has 3 aromatic carbocycles.